The van der Waals surface area contributed by atoms with Crippen LogP contribution < -0.4 is 10.5 Å². The third-order valence-corrected chi connectivity index (χ3v) is 3.70. The molecule has 2 N–H and O–H groups in total. The summed E-state index contributed by atoms with van der Waals surface area (Å²) in [6.45, 7) is 0. The van der Waals surface area contributed by atoms with Crippen molar-refractivity contribution in [2.45, 2.75) is 37.6 Å². The Morgan fingerprint density at radius 1 is 1.13 bits per heavy atom. The van der Waals surface area contributed by atoms with Gasteiger partial charge in [-0.25, -0.2) is 0 Å². The molecule has 1 aliphatic carbocycles. The first kappa shape index (κ1) is 17.6. The van der Waals surface area contributed by atoms with Gasteiger partial charge in [0, 0.05) is 5.56 Å². The monoisotopic (exact) mass is 349 g/mol. The van der Waals surface area contributed by atoms with Crippen LogP contribution in [0.25, 0.3) is 11.5 Å². The van der Waals surface area contributed by atoms with Gasteiger partial charge in [-0.1, -0.05) is 18.0 Å². The SMILES string of the molecule is Cl.NC1(c2noc(-c3ccc(OC(F)(F)F)cc3)n2)CCCC1. The Kier molecular flexibility index (Phi) is 4.86. The zero-order valence-corrected chi connectivity index (χ0v) is 12.8. The standard InChI is InChI=1S/C14H14F3N3O2.ClH/c15-14(16,17)21-10-5-3-9(4-6-10)11-19-12(20-22-11)13(18)7-1-2-8-13;/h3-6H,1-2,7-8,18H2;1H. The first-order valence-corrected chi connectivity index (χ1v) is 6.85. The van der Waals surface area contributed by atoms with Crippen molar-refractivity contribution in [1.29, 1.82) is 0 Å². The molecule has 0 bridgehead atoms. The summed E-state index contributed by atoms with van der Waals surface area (Å²) >= 11 is 0. The molecule has 0 aliphatic heterocycles. The van der Waals surface area contributed by atoms with Crippen LogP contribution in [-0.4, -0.2) is 16.5 Å². The number of nitrogens with two attached hydrogens (primary N) is 1. The van der Waals surface area contributed by atoms with Gasteiger partial charge in [-0.2, -0.15) is 4.98 Å². The van der Waals surface area contributed by atoms with Gasteiger partial charge in [-0.15, -0.1) is 25.6 Å². The van der Waals surface area contributed by atoms with Crippen LogP contribution in [0.4, 0.5) is 13.2 Å². The number of hydrogen-bond acceptors (Lipinski definition) is 5. The van der Waals surface area contributed by atoms with Crippen LogP contribution in [0.2, 0.25) is 0 Å². The summed E-state index contributed by atoms with van der Waals surface area (Å²) in [5.41, 5.74) is 6.18. The van der Waals surface area contributed by atoms with Gasteiger partial charge in [0.2, 0.25) is 0 Å². The molecule has 0 spiro atoms. The maximum Gasteiger partial charge on any atom is 0.573 e. The normalized spacial score (nSPS) is 16.9. The average molecular weight is 350 g/mol. The van der Waals surface area contributed by atoms with E-state index in [4.69, 9.17) is 10.3 Å². The van der Waals surface area contributed by atoms with Gasteiger partial charge in [0.25, 0.3) is 5.89 Å². The lowest BCUT2D eigenvalue weighted by Gasteiger charge is -2.17. The summed E-state index contributed by atoms with van der Waals surface area (Å²) in [7, 11) is 0. The highest BCUT2D eigenvalue weighted by Crippen LogP contribution is 2.35. The van der Waals surface area contributed by atoms with Gasteiger partial charge in [0.1, 0.15) is 5.75 Å². The van der Waals surface area contributed by atoms with E-state index < -0.39 is 11.9 Å². The van der Waals surface area contributed by atoms with Gasteiger partial charge in [0.15, 0.2) is 5.82 Å². The van der Waals surface area contributed by atoms with Crippen molar-refractivity contribution in [2.75, 3.05) is 0 Å². The van der Waals surface area contributed by atoms with E-state index in [0.717, 1.165) is 25.7 Å². The number of rotatable bonds is 3. The van der Waals surface area contributed by atoms with E-state index in [1.54, 1.807) is 0 Å². The fourth-order valence-corrected chi connectivity index (χ4v) is 2.57. The van der Waals surface area contributed by atoms with E-state index in [-0.39, 0.29) is 24.0 Å². The summed E-state index contributed by atoms with van der Waals surface area (Å²) in [5, 5.41) is 3.91. The van der Waals surface area contributed by atoms with Gasteiger partial charge >= 0.3 is 6.36 Å². The molecule has 0 saturated heterocycles. The first-order valence-electron chi connectivity index (χ1n) is 6.85. The Morgan fingerprint density at radius 2 is 1.74 bits per heavy atom. The molecule has 1 aromatic carbocycles. The minimum Gasteiger partial charge on any atom is -0.406 e. The molecule has 0 atom stereocenters. The van der Waals surface area contributed by atoms with Crippen molar-refractivity contribution in [1.82, 2.24) is 10.1 Å². The lowest BCUT2D eigenvalue weighted by Crippen LogP contribution is -2.34. The van der Waals surface area contributed by atoms with Crippen LogP contribution in [0, 0.1) is 0 Å². The van der Waals surface area contributed by atoms with E-state index in [0.29, 0.717) is 11.4 Å². The summed E-state index contributed by atoms with van der Waals surface area (Å²) < 4.78 is 45.3. The Balaban J connectivity index is 0.00000192. The average Bonchev–Trinajstić information content (AvgIpc) is 3.07. The van der Waals surface area contributed by atoms with Crippen LogP contribution in [0.5, 0.6) is 5.75 Å². The highest BCUT2D eigenvalue weighted by Gasteiger charge is 2.36. The van der Waals surface area contributed by atoms with Gasteiger partial charge < -0.3 is 15.0 Å². The molecule has 3 rings (SSSR count). The van der Waals surface area contributed by atoms with E-state index >= 15 is 0 Å². The molecule has 23 heavy (non-hydrogen) atoms. The van der Waals surface area contributed by atoms with E-state index in [1.807, 2.05) is 0 Å². The Hall–Kier alpha value is -1.80. The molecule has 0 amide bonds. The maximum absolute atomic E-state index is 12.1. The van der Waals surface area contributed by atoms with Crippen LogP contribution in [0.3, 0.4) is 0 Å². The van der Waals surface area contributed by atoms with E-state index in [9.17, 15) is 13.2 Å². The summed E-state index contributed by atoms with van der Waals surface area (Å²) in [4.78, 5) is 4.27. The second-order valence-electron chi connectivity index (χ2n) is 5.36. The molecule has 0 radical (unpaired) electrons. The fraction of sp³-hybridized carbons (Fsp3) is 0.429. The Morgan fingerprint density at radius 3 is 2.30 bits per heavy atom. The van der Waals surface area contributed by atoms with Crippen molar-refractivity contribution in [3.05, 3.63) is 30.1 Å². The second-order valence-corrected chi connectivity index (χ2v) is 5.36. The van der Waals surface area contributed by atoms with Gasteiger partial charge in [-0.3, -0.25) is 0 Å². The largest absolute Gasteiger partial charge is 0.573 e. The molecule has 5 nitrogen and oxygen atoms in total. The molecule has 1 saturated carbocycles. The molecule has 126 valence electrons. The summed E-state index contributed by atoms with van der Waals surface area (Å²) in [6.07, 6.45) is -1.09. The number of hydrogen-bond donors (Lipinski definition) is 1. The van der Waals surface area contributed by atoms with Crippen LogP contribution in [0.15, 0.2) is 28.8 Å². The zero-order chi connectivity index (χ0) is 15.8. The third-order valence-electron chi connectivity index (χ3n) is 3.70. The number of ether oxygens (including phenoxy) is 1. The highest BCUT2D eigenvalue weighted by atomic mass is 35.5. The van der Waals surface area contributed by atoms with Crippen molar-refractivity contribution in [3.8, 4) is 17.2 Å². The van der Waals surface area contributed by atoms with Crippen LogP contribution >= 0.6 is 12.4 Å². The number of alkyl halides is 3. The maximum atomic E-state index is 12.1. The molecule has 1 heterocycles. The molecular weight excluding hydrogens is 335 g/mol. The number of aromatic nitrogens is 2. The molecule has 0 unspecified atom stereocenters. The zero-order valence-electron chi connectivity index (χ0n) is 12.0. The Labute approximate surface area is 136 Å². The summed E-state index contributed by atoms with van der Waals surface area (Å²) in [6, 6.07) is 5.24. The lowest BCUT2D eigenvalue weighted by atomic mass is 9.99. The minimum absolute atomic E-state index is 0. The predicted octanol–water partition coefficient (Wildman–Crippen LogP) is 3.79. The molecule has 9 heteroatoms. The van der Waals surface area contributed by atoms with E-state index in [2.05, 4.69) is 14.9 Å². The number of benzene rings is 1. The molecular formula is C14H15ClF3N3O2. The minimum atomic E-state index is -4.71. The molecule has 1 aromatic heterocycles. The smallest absolute Gasteiger partial charge is 0.406 e. The van der Waals surface area contributed by atoms with Crippen molar-refractivity contribution in [2.24, 2.45) is 5.73 Å². The number of halogens is 4. The summed E-state index contributed by atoms with van der Waals surface area (Å²) in [5.74, 6) is 0.364. The Bertz CT molecular complexity index is 652. The lowest BCUT2D eigenvalue weighted by molar-refractivity contribution is -0.274. The third kappa shape index (κ3) is 3.94. The molecule has 1 fully saturated rings. The van der Waals surface area contributed by atoms with Crippen molar-refractivity contribution < 1.29 is 22.4 Å². The number of nitrogens with zero attached hydrogens (tertiary/aromatic N) is 2. The molecule has 2 aromatic rings. The second kappa shape index (κ2) is 6.37. The van der Waals surface area contributed by atoms with Gasteiger partial charge in [-0.05, 0) is 37.1 Å². The van der Waals surface area contributed by atoms with Crippen molar-refractivity contribution in [3.63, 3.8) is 0 Å². The van der Waals surface area contributed by atoms with Crippen LogP contribution in [0.1, 0.15) is 31.5 Å². The first-order chi connectivity index (χ1) is 10.4. The van der Waals surface area contributed by atoms with E-state index in [1.165, 1.54) is 24.3 Å². The highest BCUT2D eigenvalue weighted by molar-refractivity contribution is 5.85. The predicted molar refractivity (Wildman–Crippen MR) is 78.0 cm³/mol. The fourth-order valence-electron chi connectivity index (χ4n) is 2.57. The van der Waals surface area contributed by atoms with Crippen LogP contribution in [-0.2, 0) is 5.54 Å². The quantitative estimate of drug-likeness (QED) is 0.912. The van der Waals surface area contributed by atoms with Gasteiger partial charge in [0.05, 0.1) is 5.54 Å². The topological polar surface area (TPSA) is 74.2 Å². The molecule has 1 aliphatic rings. The van der Waals surface area contributed by atoms with Crippen molar-refractivity contribution >= 4 is 12.4 Å².